The molecule has 0 saturated carbocycles. The van der Waals surface area contributed by atoms with E-state index in [0.29, 0.717) is 17.3 Å². The minimum atomic E-state index is -0.189. The average Bonchev–Trinajstić information content (AvgIpc) is 2.80. The Morgan fingerprint density at radius 2 is 1.47 bits per heavy atom. The fourth-order valence-corrected chi connectivity index (χ4v) is 2.93. The first-order valence-corrected chi connectivity index (χ1v) is 10.1. The Hall–Kier alpha value is -4.52. The lowest BCUT2D eigenvalue weighted by atomic mass is 10.2. The quantitative estimate of drug-likeness (QED) is 0.349. The zero-order valence-corrected chi connectivity index (χ0v) is 17.5. The van der Waals surface area contributed by atoms with Gasteiger partial charge in [0.05, 0.1) is 0 Å². The maximum Gasteiger partial charge on any atom is 0.248 e. The minimum Gasteiger partial charge on any atom is -0.340 e. The van der Waals surface area contributed by atoms with Gasteiger partial charge in [0, 0.05) is 29.7 Å². The van der Waals surface area contributed by atoms with Crippen molar-refractivity contribution in [2.75, 3.05) is 16.0 Å². The van der Waals surface area contributed by atoms with Crippen molar-refractivity contribution in [2.45, 2.75) is 6.92 Å². The Morgan fingerprint density at radius 3 is 2.22 bits per heavy atom. The van der Waals surface area contributed by atoms with E-state index in [1.165, 1.54) is 12.4 Å². The Balaban J connectivity index is 1.35. The van der Waals surface area contributed by atoms with Crippen molar-refractivity contribution in [3.05, 3.63) is 103 Å². The van der Waals surface area contributed by atoms with Crippen LogP contribution in [0.4, 0.5) is 28.8 Å². The SMILES string of the molecule is Cc1ccnc(Nc2cc(Nc3ccc(NC(=O)/C=C/c4ccccc4)cc3)ncn2)c1. The zero-order valence-electron chi connectivity index (χ0n) is 17.5. The molecule has 3 N–H and O–H groups in total. The van der Waals surface area contributed by atoms with Crippen LogP contribution in [0, 0.1) is 6.92 Å². The number of rotatable bonds is 7. The summed E-state index contributed by atoms with van der Waals surface area (Å²) < 4.78 is 0. The molecule has 0 atom stereocenters. The van der Waals surface area contributed by atoms with Gasteiger partial charge in [-0.2, -0.15) is 0 Å². The molecule has 4 rings (SSSR count). The molecule has 1 amide bonds. The lowest BCUT2D eigenvalue weighted by Gasteiger charge is -2.09. The van der Waals surface area contributed by atoms with Crippen LogP contribution in [-0.2, 0) is 4.79 Å². The number of hydrogen-bond acceptors (Lipinski definition) is 6. The normalized spacial score (nSPS) is 10.7. The van der Waals surface area contributed by atoms with Crippen LogP contribution >= 0.6 is 0 Å². The second-order valence-corrected chi connectivity index (χ2v) is 7.07. The van der Waals surface area contributed by atoms with Crippen molar-refractivity contribution in [1.82, 2.24) is 15.0 Å². The number of nitrogens with one attached hydrogen (secondary N) is 3. The Labute approximate surface area is 186 Å². The van der Waals surface area contributed by atoms with Gasteiger partial charge in [-0.3, -0.25) is 4.79 Å². The second kappa shape index (κ2) is 9.99. The number of carbonyl (C=O) groups is 1. The van der Waals surface area contributed by atoms with E-state index < -0.39 is 0 Å². The third kappa shape index (κ3) is 5.99. The largest absolute Gasteiger partial charge is 0.340 e. The Morgan fingerprint density at radius 1 is 0.781 bits per heavy atom. The molecule has 0 unspecified atom stereocenters. The fourth-order valence-electron chi connectivity index (χ4n) is 2.93. The molecule has 7 nitrogen and oxygen atoms in total. The molecule has 2 heterocycles. The predicted octanol–water partition coefficient (Wildman–Crippen LogP) is 5.32. The molecule has 158 valence electrons. The Bertz CT molecular complexity index is 1220. The molecule has 0 aliphatic heterocycles. The highest BCUT2D eigenvalue weighted by molar-refractivity contribution is 6.02. The number of hydrogen-bond donors (Lipinski definition) is 3. The van der Waals surface area contributed by atoms with E-state index in [2.05, 4.69) is 30.9 Å². The lowest BCUT2D eigenvalue weighted by Crippen LogP contribution is -2.07. The summed E-state index contributed by atoms with van der Waals surface area (Å²) in [6, 6.07) is 22.7. The first-order valence-electron chi connectivity index (χ1n) is 10.1. The molecule has 0 radical (unpaired) electrons. The number of nitrogens with zero attached hydrogens (tertiary/aromatic N) is 3. The van der Waals surface area contributed by atoms with E-state index in [0.717, 1.165) is 22.6 Å². The van der Waals surface area contributed by atoms with Gasteiger partial charge in [0.2, 0.25) is 5.91 Å². The lowest BCUT2D eigenvalue weighted by molar-refractivity contribution is -0.111. The number of aryl methyl sites for hydroxylation is 1. The van der Waals surface area contributed by atoms with Crippen LogP contribution in [0.3, 0.4) is 0 Å². The van der Waals surface area contributed by atoms with E-state index in [-0.39, 0.29) is 5.91 Å². The molecule has 4 aromatic rings. The molecule has 0 bridgehead atoms. The van der Waals surface area contributed by atoms with Crippen molar-refractivity contribution >= 4 is 40.8 Å². The first-order chi connectivity index (χ1) is 15.6. The van der Waals surface area contributed by atoms with E-state index in [4.69, 9.17) is 0 Å². The monoisotopic (exact) mass is 422 g/mol. The molecule has 2 aromatic carbocycles. The fraction of sp³-hybridized carbons (Fsp3) is 0.0400. The van der Waals surface area contributed by atoms with Crippen LogP contribution < -0.4 is 16.0 Å². The summed E-state index contributed by atoms with van der Waals surface area (Å²) in [6.07, 6.45) is 6.52. The molecule has 0 fully saturated rings. The smallest absolute Gasteiger partial charge is 0.248 e. The molecule has 0 aliphatic rings. The number of benzene rings is 2. The van der Waals surface area contributed by atoms with Crippen LogP contribution in [0.25, 0.3) is 6.08 Å². The molecule has 0 saturated heterocycles. The second-order valence-electron chi connectivity index (χ2n) is 7.07. The van der Waals surface area contributed by atoms with E-state index in [1.54, 1.807) is 18.3 Å². The van der Waals surface area contributed by atoms with E-state index >= 15 is 0 Å². The van der Waals surface area contributed by atoms with Gasteiger partial charge in [-0.1, -0.05) is 30.3 Å². The van der Waals surface area contributed by atoms with Crippen LogP contribution in [0.15, 0.2) is 91.4 Å². The third-order valence-electron chi connectivity index (χ3n) is 4.49. The van der Waals surface area contributed by atoms with E-state index in [1.807, 2.05) is 73.7 Å². The average molecular weight is 422 g/mol. The topological polar surface area (TPSA) is 91.8 Å². The summed E-state index contributed by atoms with van der Waals surface area (Å²) in [5.74, 6) is 1.80. The molecule has 7 heteroatoms. The van der Waals surface area contributed by atoms with Crippen LogP contribution in [0.5, 0.6) is 0 Å². The van der Waals surface area contributed by atoms with Gasteiger partial charge in [0.25, 0.3) is 0 Å². The van der Waals surface area contributed by atoms with Gasteiger partial charge in [-0.05, 0) is 60.5 Å². The number of pyridine rings is 1. The van der Waals surface area contributed by atoms with Crippen molar-refractivity contribution in [1.29, 1.82) is 0 Å². The molecular weight excluding hydrogens is 400 g/mol. The van der Waals surface area contributed by atoms with Gasteiger partial charge in [-0.25, -0.2) is 15.0 Å². The van der Waals surface area contributed by atoms with Crippen molar-refractivity contribution in [2.24, 2.45) is 0 Å². The molecule has 2 aromatic heterocycles. The van der Waals surface area contributed by atoms with Gasteiger partial charge < -0.3 is 16.0 Å². The first kappa shape index (κ1) is 20.7. The highest BCUT2D eigenvalue weighted by Gasteiger charge is 2.03. The highest BCUT2D eigenvalue weighted by Crippen LogP contribution is 2.20. The number of carbonyl (C=O) groups excluding carboxylic acids is 1. The molecule has 0 spiro atoms. The highest BCUT2D eigenvalue weighted by atomic mass is 16.1. The molecule has 32 heavy (non-hydrogen) atoms. The molecule has 0 aliphatic carbocycles. The van der Waals surface area contributed by atoms with Crippen molar-refractivity contribution < 1.29 is 4.79 Å². The van der Waals surface area contributed by atoms with Crippen LogP contribution in [-0.4, -0.2) is 20.9 Å². The van der Waals surface area contributed by atoms with Crippen molar-refractivity contribution in [3.8, 4) is 0 Å². The van der Waals surface area contributed by atoms with Gasteiger partial charge >= 0.3 is 0 Å². The number of anilines is 5. The van der Waals surface area contributed by atoms with Gasteiger partial charge in [-0.15, -0.1) is 0 Å². The maximum absolute atomic E-state index is 12.1. The van der Waals surface area contributed by atoms with Crippen LogP contribution in [0.2, 0.25) is 0 Å². The number of aromatic nitrogens is 3. The molecular formula is C25H22N6O. The summed E-state index contributed by atoms with van der Waals surface area (Å²) in [5, 5.41) is 9.25. The minimum absolute atomic E-state index is 0.189. The standard InChI is InChI=1S/C25H22N6O/c1-18-13-14-26-22(15-18)31-24-16-23(27-17-28-24)29-20-8-10-21(11-9-20)30-25(32)12-7-19-5-3-2-4-6-19/h2-17H,1H3,(H,30,32)(H2,26,27,28,29,31)/b12-7+. The summed E-state index contributed by atoms with van der Waals surface area (Å²) in [6.45, 7) is 2.01. The van der Waals surface area contributed by atoms with Crippen molar-refractivity contribution in [3.63, 3.8) is 0 Å². The van der Waals surface area contributed by atoms with E-state index in [9.17, 15) is 4.79 Å². The zero-order chi connectivity index (χ0) is 22.2. The van der Waals surface area contributed by atoms with Crippen LogP contribution in [0.1, 0.15) is 11.1 Å². The summed E-state index contributed by atoms with van der Waals surface area (Å²) >= 11 is 0. The Kier molecular flexibility index (Phi) is 6.48. The third-order valence-corrected chi connectivity index (χ3v) is 4.49. The summed E-state index contributed by atoms with van der Waals surface area (Å²) in [5.41, 5.74) is 3.62. The van der Waals surface area contributed by atoms with Gasteiger partial charge in [0.15, 0.2) is 0 Å². The predicted molar refractivity (Wildman–Crippen MR) is 128 cm³/mol. The van der Waals surface area contributed by atoms with Gasteiger partial charge in [0.1, 0.15) is 23.8 Å². The maximum atomic E-state index is 12.1. The number of amides is 1. The summed E-state index contributed by atoms with van der Waals surface area (Å²) in [4.78, 5) is 24.9. The summed E-state index contributed by atoms with van der Waals surface area (Å²) in [7, 11) is 0.